The van der Waals surface area contributed by atoms with Crippen molar-refractivity contribution in [3.8, 4) is 0 Å². The van der Waals surface area contributed by atoms with Gasteiger partial charge in [0.2, 0.25) is 0 Å². The van der Waals surface area contributed by atoms with E-state index in [4.69, 9.17) is 19.3 Å². The molecule has 0 aliphatic carbocycles. The van der Waals surface area contributed by atoms with Gasteiger partial charge in [0.05, 0.1) is 9.79 Å². The van der Waals surface area contributed by atoms with Crippen LogP contribution in [0.3, 0.4) is 0 Å². The molecule has 0 aliphatic heterocycles. The summed E-state index contributed by atoms with van der Waals surface area (Å²) >= 11 is 0. The molecule has 0 bridgehead atoms. The molecule has 0 radical (unpaired) electrons. The molecule has 2 aromatic carbocycles. The fraction of sp³-hybridized carbons (Fsp3) is 0.250. The second-order valence-corrected chi connectivity index (χ2v) is 7.42. The molecule has 0 saturated heterocycles. The van der Waals surface area contributed by atoms with Gasteiger partial charge in [0.25, 0.3) is 20.2 Å². The van der Waals surface area contributed by atoms with E-state index < -0.39 is 20.2 Å². The van der Waals surface area contributed by atoms with Gasteiger partial charge in [-0.15, -0.1) is 0 Å². The van der Waals surface area contributed by atoms with Gasteiger partial charge in [-0.25, -0.2) is 0 Å². The van der Waals surface area contributed by atoms with Crippen LogP contribution in [0.25, 0.3) is 0 Å². The van der Waals surface area contributed by atoms with E-state index in [0.717, 1.165) is 25.3 Å². The molecule has 0 saturated carbocycles. The van der Waals surface area contributed by atoms with Crippen molar-refractivity contribution in [2.75, 3.05) is 14.2 Å². The number of aryl methyl sites for hydroxylation is 2. The van der Waals surface area contributed by atoms with Gasteiger partial charge in [0, 0.05) is 14.2 Å². The zero-order valence-corrected chi connectivity index (χ0v) is 16.5. The number of hydrogen-bond acceptors (Lipinski definition) is 6. The monoisotopic (exact) mass is 408 g/mol. The minimum Gasteiger partial charge on any atom is -0.400 e. The quantitative estimate of drug-likeness (QED) is 0.549. The molecule has 0 atom stereocenters. The predicted octanol–water partition coefficient (Wildman–Crippen LogP) is 1.70. The molecule has 0 aliphatic rings. The molecule has 0 unspecified atom stereocenters. The third-order valence-electron chi connectivity index (χ3n) is 2.64. The molecule has 0 heterocycles. The Bertz CT molecular complexity index is 751. The first-order valence-corrected chi connectivity index (χ1v) is 9.86. The maximum atomic E-state index is 10.5. The van der Waals surface area contributed by atoms with Gasteiger partial charge in [-0.05, 0) is 38.1 Å². The molecule has 26 heavy (non-hydrogen) atoms. The summed E-state index contributed by atoms with van der Waals surface area (Å²) in [7, 11) is -6.04. The summed E-state index contributed by atoms with van der Waals surface area (Å²) in [5, 5.41) is 14.0. The lowest BCUT2D eigenvalue weighted by atomic mass is 10.2. The van der Waals surface area contributed by atoms with Crippen LogP contribution >= 0.6 is 0 Å². The predicted molar refractivity (Wildman–Crippen MR) is 98.3 cm³/mol. The molecule has 2 aromatic rings. The van der Waals surface area contributed by atoms with E-state index in [1.807, 2.05) is 13.8 Å². The Morgan fingerprint density at radius 3 is 0.885 bits per heavy atom. The standard InChI is InChI=1S/2C7H8O3S.2CH4O/c2*1-6-2-4-7(5-3-6)11(8,9)10;2*1-2/h2*2-5H,1H3,(H,8,9,10);2*2H,1H3. The van der Waals surface area contributed by atoms with Crippen molar-refractivity contribution >= 4 is 20.2 Å². The first-order chi connectivity index (χ1) is 12.0. The van der Waals surface area contributed by atoms with E-state index in [9.17, 15) is 16.8 Å². The summed E-state index contributed by atoms with van der Waals surface area (Å²) in [4.78, 5) is -0.133. The van der Waals surface area contributed by atoms with Gasteiger partial charge in [-0.3, -0.25) is 9.11 Å². The maximum Gasteiger partial charge on any atom is 0.294 e. The van der Waals surface area contributed by atoms with E-state index in [2.05, 4.69) is 0 Å². The third kappa shape index (κ3) is 10.9. The first-order valence-electron chi connectivity index (χ1n) is 6.98. The van der Waals surface area contributed by atoms with E-state index in [-0.39, 0.29) is 9.79 Å². The largest absolute Gasteiger partial charge is 0.400 e. The van der Waals surface area contributed by atoms with E-state index >= 15 is 0 Å². The zero-order chi connectivity index (χ0) is 21.0. The molecule has 0 spiro atoms. The van der Waals surface area contributed by atoms with Crippen LogP contribution in [0.2, 0.25) is 0 Å². The van der Waals surface area contributed by atoms with Crippen molar-refractivity contribution in [2.24, 2.45) is 0 Å². The van der Waals surface area contributed by atoms with E-state index in [1.54, 1.807) is 24.3 Å². The highest BCUT2D eigenvalue weighted by atomic mass is 32.2. The maximum absolute atomic E-state index is 10.5. The molecule has 0 aromatic heterocycles. The number of aliphatic hydroxyl groups excluding tert-OH is 2. The van der Waals surface area contributed by atoms with Crippen LogP contribution in [0.5, 0.6) is 0 Å². The van der Waals surface area contributed by atoms with Crippen molar-refractivity contribution in [3.05, 3.63) is 59.7 Å². The van der Waals surface area contributed by atoms with Crippen molar-refractivity contribution in [1.82, 2.24) is 0 Å². The van der Waals surface area contributed by atoms with Gasteiger partial charge >= 0.3 is 0 Å². The molecule has 0 amide bonds. The number of benzene rings is 2. The minimum absolute atomic E-state index is 0.0666. The SMILES string of the molecule is CO.CO.Cc1ccc(S(=O)(=O)O)cc1.Cc1ccc(S(=O)(=O)O)cc1. The average molecular weight is 408 g/mol. The van der Waals surface area contributed by atoms with Crippen molar-refractivity contribution < 1.29 is 36.2 Å². The second kappa shape index (κ2) is 12.5. The van der Waals surface area contributed by atoms with Gasteiger partial charge in [0.15, 0.2) is 0 Å². The smallest absolute Gasteiger partial charge is 0.294 e. The number of rotatable bonds is 2. The lowest BCUT2D eigenvalue weighted by molar-refractivity contribution is 0.399. The Labute approximate surface area is 154 Å². The summed E-state index contributed by atoms with van der Waals surface area (Å²) in [5.41, 5.74) is 1.91. The number of aliphatic hydroxyl groups is 2. The average Bonchev–Trinajstić information content (AvgIpc) is 2.58. The Morgan fingerprint density at radius 2 is 0.731 bits per heavy atom. The van der Waals surface area contributed by atoms with Crippen molar-refractivity contribution in [1.29, 1.82) is 0 Å². The van der Waals surface area contributed by atoms with Crippen LogP contribution in [0.1, 0.15) is 11.1 Å². The lowest BCUT2D eigenvalue weighted by Gasteiger charge is -1.95. The highest BCUT2D eigenvalue weighted by Crippen LogP contribution is 2.09. The Kier molecular flexibility index (Phi) is 12.7. The summed E-state index contributed by atoms with van der Waals surface area (Å²) in [5.74, 6) is 0. The zero-order valence-electron chi connectivity index (χ0n) is 14.9. The molecular formula is C16H24O8S2. The first kappa shape index (κ1) is 26.4. The Hall–Kier alpha value is -1.82. The summed E-state index contributed by atoms with van der Waals surface area (Å²) in [6.07, 6.45) is 0. The lowest BCUT2D eigenvalue weighted by Crippen LogP contribution is -1.96. The van der Waals surface area contributed by atoms with Gasteiger partial charge < -0.3 is 10.2 Å². The molecule has 4 N–H and O–H groups in total. The third-order valence-corrected chi connectivity index (χ3v) is 4.37. The summed E-state index contributed by atoms with van der Waals surface area (Å²) < 4.78 is 59.1. The van der Waals surface area contributed by atoms with E-state index in [1.165, 1.54) is 24.3 Å². The van der Waals surface area contributed by atoms with Crippen LogP contribution in [-0.2, 0) is 20.2 Å². The molecule has 148 valence electrons. The Morgan fingerprint density at radius 1 is 0.538 bits per heavy atom. The van der Waals surface area contributed by atoms with Crippen molar-refractivity contribution in [2.45, 2.75) is 23.6 Å². The van der Waals surface area contributed by atoms with Crippen LogP contribution in [0.4, 0.5) is 0 Å². The normalized spacial score (nSPS) is 10.2. The van der Waals surface area contributed by atoms with Gasteiger partial charge in [0.1, 0.15) is 0 Å². The molecule has 0 fully saturated rings. The van der Waals surface area contributed by atoms with Crippen molar-refractivity contribution in [3.63, 3.8) is 0 Å². The van der Waals surface area contributed by atoms with Crippen LogP contribution in [-0.4, -0.2) is 50.4 Å². The molecule has 2 rings (SSSR count). The second-order valence-electron chi connectivity index (χ2n) is 4.58. The number of hydrogen-bond donors (Lipinski definition) is 4. The molecule has 10 heteroatoms. The van der Waals surface area contributed by atoms with E-state index in [0.29, 0.717) is 0 Å². The highest BCUT2D eigenvalue weighted by Gasteiger charge is 2.07. The fourth-order valence-electron chi connectivity index (χ4n) is 1.42. The Balaban J connectivity index is 0. The fourth-order valence-corrected chi connectivity index (χ4v) is 2.38. The summed E-state index contributed by atoms with van der Waals surface area (Å²) in [6, 6.07) is 12.0. The van der Waals surface area contributed by atoms with Gasteiger partial charge in [-0.2, -0.15) is 16.8 Å². The van der Waals surface area contributed by atoms with Gasteiger partial charge in [-0.1, -0.05) is 35.4 Å². The van der Waals surface area contributed by atoms with Crippen LogP contribution in [0.15, 0.2) is 58.3 Å². The molecule has 8 nitrogen and oxygen atoms in total. The topological polar surface area (TPSA) is 149 Å². The minimum atomic E-state index is -4.02. The molecular weight excluding hydrogens is 384 g/mol. The summed E-state index contributed by atoms with van der Waals surface area (Å²) in [6.45, 7) is 3.68. The highest BCUT2D eigenvalue weighted by molar-refractivity contribution is 7.86. The van der Waals surface area contributed by atoms with Crippen LogP contribution < -0.4 is 0 Å². The van der Waals surface area contributed by atoms with Crippen LogP contribution in [0, 0.1) is 13.8 Å².